The van der Waals surface area contributed by atoms with Crippen molar-refractivity contribution >= 4 is 12.4 Å². The average molecular weight is 145 g/mol. The fourth-order valence-electron chi connectivity index (χ4n) is 1.43. The van der Waals surface area contributed by atoms with Crippen LogP contribution in [0.15, 0.2) is 0 Å². The van der Waals surface area contributed by atoms with Crippen molar-refractivity contribution < 1.29 is 0 Å². The van der Waals surface area contributed by atoms with Crippen molar-refractivity contribution in [3.8, 4) is 6.07 Å². The van der Waals surface area contributed by atoms with Crippen LogP contribution in [0.5, 0.6) is 0 Å². The molecule has 0 radical (unpaired) electrons. The first-order valence-corrected chi connectivity index (χ1v) is 3.06. The molecule has 1 saturated carbocycles. The Kier molecular flexibility index (Phi) is 1.65. The van der Waals surface area contributed by atoms with Gasteiger partial charge in [0.05, 0.1) is 12.1 Å². The van der Waals surface area contributed by atoms with Gasteiger partial charge >= 0.3 is 0 Å². The summed E-state index contributed by atoms with van der Waals surface area (Å²) in [5, 5.41) is 11.6. The summed E-state index contributed by atoms with van der Waals surface area (Å²) >= 11 is 0. The van der Waals surface area contributed by atoms with Crippen LogP contribution < -0.4 is 5.32 Å². The van der Waals surface area contributed by atoms with Crippen LogP contribution in [0.25, 0.3) is 0 Å². The standard InChI is InChI=1S/C6H8N2.ClH/c7-3-5-1-4-2-6(4)8-5;/h4-6,8H,1-2H2;1H/t4-,5+,6+;/m1./s1. The average Bonchev–Trinajstić information content (AvgIpc) is 2.40. The quantitative estimate of drug-likeness (QED) is 0.543. The van der Waals surface area contributed by atoms with E-state index in [-0.39, 0.29) is 18.4 Å². The number of piperidine rings is 1. The smallest absolute Gasteiger partial charge is 0.0958 e. The summed E-state index contributed by atoms with van der Waals surface area (Å²) < 4.78 is 0. The molecule has 3 heteroatoms. The predicted molar refractivity (Wildman–Crippen MR) is 36.3 cm³/mol. The lowest BCUT2D eigenvalue weighted by atomic mass is 10.2. The maximum atomic E-state index is 8.39. The fraction of sp³-hybridized carbons (Fsp3) is 0.833. The van der Waals surface area contributed by atoms with Gasteiger partial charge in [0.2, 0.25) is 0 Å². The van der Waals surface area contributed by atoms with E-state index in [0.29, 0.717) is 0 Å². The molecule has 0 aromatic rings. The molecule has 2 nitrogen and oxygen atoms in total. The van der Waals surface area contributed by atoms with Gasteiger partial charge in [0.1, 0.15) is 0 Å². The van der Waals surface area contributed by atoms with Gasteiger partial charge in [0.25, 0.3) is 0 Å². The van der Waals surface area contributed by atoms with Crippen LogP contribution in [-0.4, -0.2) is 12.1 Å². The molecule has 50 valence electrons. The van der Waals surface area contributed by atoms with Crippen LogP contribution in [0.4, 0.5) is 0 Å². The normalized spacial score (nSPS) is 44.6. The zero-order valence-corrected chi connectivity index (χ0v) is 5.82. The lowest BCUT2D eigenvalue weighted by Crippen LogP contribution is -2.23. The molecule has 1 aliphatic carbocycles. The van der Waals surface area contributed by atoms with Crippen LogP contribution in [0.2, 0.25) is 0 Å². The van der Waals surface area contributed by atoms with E-state index in [1.54, 1.807) is 0 Å². The Hall–Kier alpha value is -0.260. The molecule has 2 fully saturated rings. The van der Waals surface area contributed by atoms with Gasteiger partial charge in [-0.25, -0.2) is 0 Å². The highest BCUT2D eigenvalue weighted by Gasteiger charge is 2.45. The summed E-state index contributed by atoms with van der Waals surface area (Å²) in [4.78, 5) is 0. The van der Waals surface area contributed by atoms with Crippen molar-refractivity contribution in [1.29, 1.82) is 5.26 Å². The summed E-state index contributed by atoms with van der Waals surface area (Å²) in [6, 6.07) is 3.11. The van der Waals surface area contributed by atoms with Crippen LogP contribution in [0, 0.1) is 17.2 Å². The van der Waals surface area contributed by atoms with Crippen LogP contribution in [-0.2, 0) is 0 Å². The number of nitrogens with one attached hydrogen (secondary N) is 1. The Bertz CT molecular complexity index is 142. The molecule has 0 aromatic heterocycles. The second-order valence-corrected chi connectivity index (χ2v) is 2.69. The Morgan fingerprint density at radius 2 is 2.22 bits per heavy atom. The number of hydrogen-bond acceptors (Lipinski definition) is 2. The van der Waals surface area contributed by atoms with E-state index in [0.717, 1.165) is 18.4 Å². The molecule has 1 N–H and O–H groups in total. The Morgan fingerprint density at radius 1 is 1.44 bits per heavy atom. The fourth-order valence-corrected chi connectivity index (χ4v) is 1.43. The number of hydrogen-bond donors (Lipinski definition) is 1. The molecule has 2 rings (SSSR count). The maximum Gasteiger partial charge on any atom is 0.0958 e. The van der Waals surface area contributed by atoms with Crippen LogP contribution in [0.1, 0.15) is 12.8 Å². The lowest BCUT2D eigenvalue weighted by molar-refractivity contribution is 0.643. The van der Waals surface area contributed by atoms with Crippen molar-refractivity contribution in [2.75, 3.05) is 0 Å². The first kappa shape index (κ1) is 6.85. The van der Waals surface area contributed by atoms with Crippen molar-refractivity contribution in [2.24, 2.45) is 5.92 Å². The summed E-state index contributed by atoms with van der Waals surface area (Å²) in [6.45, 7) is 0. The minimum absolute atomic E-state index is 0. The van der Waals surface area contributed by atoms with Crippen LogP contribution >= 0.6 is 12.4 Å². The topological polar surface area (TPSA) is 35.8 Å². The second-order valence-electron chi connectivity index (χ2n) is 2.69. The summed E-state index contributed by atoms with van der Waals surface area (Å²) in [6.07, 6.45) is 2.42. The van der Waals surface area contributed by atoms with Gasteiger partial charge in [0, 0.05) is 6.04 Å². The van der Waals surface area contributed by atoms with E-state index in [1.165, 1.54) is 6.42 Å². The van der Waals surface area contributed by atoms with Gasteiger partial charge in [0.15, 0.2) is 0 Å². The molecule has 0 bridgehead atoms. The van der Waals surface area contributed by atoms with Crippen molar-refractivity contribution in [2.45, 2.75) is 24.9 Å². The van der Waals surface area contributed by atoms with E-state index in [1.807, 2.05) is 0 Å². The largest absolute Gasteiger partial charge is 0.299 e. The number of halogens is 1. The maximum absolute atomic E-state index is 8.39. The third kappa shape index (κ3) is 1.03. The molecule has 2 aliphatic rings. The molecule has 3 atom stereocenters. The monoisotopic (exact) mass is 144 g/mol. The van der Waals surface area contributed by atoms with E-state index < -0.39 is 0 Å². The number of fused-ring (bicyclic) bond motifs is 1. The Labute approximate surface area is 60.6 Å². The first-order valence-electron chi connectivity index (χ1n) is 3.06. The van der Waals surface area contributed by atoms with Crippen molar-refractivity contribution in [3.63, 3.8) is 0 Å². The van der Waals surface area contributed by atoms with Gasteiger partial charge in [-0.3, -0.25) is 5.32 Å². The number of nitriles is 1. The van der Waals surface area contributed by atoms with Gasteiger partial charge in [-0.05, 0) is 18.8 Å². The molecular formula is C6H9ClN2. The summed E-state index contributed by atoms with van der Waals surface area (Å²) in [7, 11) is 0. The lowest BCUT2D eigenvalue weighted by Gasteiger charge is -1.98. The van der Waals surface area contributed by atoms with E-state index in [2.05, 4.69) is 11.4 Å². The molecule has 0 spiro atoms. The zero-order chi connectivity index (χ0) is 5.56. The highest BCUT2D eigenvalue weighted by Crippen LogP contribution is 2.40. The second kappa shape index (κ2) is 2.17. The Morgan fingerprint density at radius 3 is 2.56 bits per heavy atom. The van der Waals surface area contributed by atoms with Gasteiger partial charge in [-0.2, -0.15) is 5.26 Å². The van der Waals surface area contributed by atoms with E-state index in [4.69, 9.17) is 5.26 Å². The molecule has 1 saturated heterocycles. The SMILES string of the molecule is Cl.N#C[C@@H]1C[C@@H]2C[C@@H]2N1. The molecule has 1 heterocycles. The van der Waals surface area contributed by atoms with Gasteiger partial charge in [-0.1, -0.05) is 0 Å². The summed E-state index contributed by atoms with van der Waals surface area (Å²) in [5.41, 5.74) is 0. The molecule has 0 unspecified atom stereocenters. The van der Waals surface area contributed by atoms with E-state index in [9.17, 15) is 0 Å². The summed E-state index contributed by atoms with van der Waals surface area (Å²) in [5.74, 6) is 0.861. The van der Waals surface area contributed by atoms with Gasteiger partial charge in [-0.15, -0.1) is 12.4 Å². The van der Waals surface area contributed by atoms with Crippen LogP contribution in [0.3, 0.4) is 0 Å². The minimum atomic E-state index is 0. The Balaban J connectivity index is 0.000000405. The van der Waals surface area contributed by atoms with Crippen molar-refractivity contribution in [3.05, 3.63) is 0 Å². The molecule has 0 aromatic carbocycles. The third-order valence-electron chi connectivity index (χ3n) is 2.03. The minimum Gasteiger partial charge on any atom is -0.299 e. The third-order valence-corrected chi connectivity index (χ3v) is 2.03. The predicted octanol–water partition coefficient (Wildman–Crippen LogP) is 0.682. The van der Waals surface area contributed by atoms with Crippen molar-refractivity contribution in [1.82, 2.24) is 5.32 Å². The highest BCUT2D eigenvalue weighted by molar-refractivity contribution is 5.85. The van der Waals surface area contributed by atoms with Gasteiger partial charge < -0.3 is 0 Å². The zero-order valence-electron chi connectivity index (χ0n) is 5.00. The molecule has 0 amide bonds. The molecular weight excluding hydrogens is 136 g/mol. The highest BCUT2D eigenvalue weighted by atomic mass is 35.5. The number of rotatable bonds is 0. The first-order chi connectivity index (χ1) is 3.90. The molecule has 9 heavy (non-hydrogen) atoms. The van der Waals surface area contributed by atoms with E-state index >= 15 is 0 Å². The molecule has 1 aliphatic heterocycles. The number of nitrogens with zero attached hydrogens (tertiary/aromatic N) is 1.